The smallest absolute Gasteiger partial charge is 0.414 e. The van der Waals surface area contributed by atoms with Gasteiger partial charge in [-0.3, -0.25) is 0 Å². The highest BCUT2D eigenvalue weighted by molar-refractivity contribution is 6.27. The lowest BCUT2D eigenvalue weighted by Gasteiger charge is -2.19. The molecule has 174 valence electrons. The number of rotatable bonds is 9. The monoisotopic (exact) mass is 441 g/mol. The van der Waals surface area contributed by atoms with E-state index in [0.717, 1.165) is 18.8 Å². The lowest BCUT2D eigenvalue weighted by Crippen LogP contribution is -2.25. The molecular weight excluding hydrogens is 406 g/mol. The summed E-state index contributed by atoms with van der Waals surface area (Å²) in [7, 11) is 0. The van der Waals surface area contributed by atoms with Crippen molar-refractivity contribution >= 4 is 11.9 Å². The molecule has 3 rings (SSSR count). The largest absolute Gasteiger partial charge is 0.494 e. The van der Waals surface area contributed by atoms with E-state index in [-0.39, 0.29) is 0 Å². The zero-order valence-electron chi connectivity index (χ0n) is 18.7. The second kappa shape index (κ2) is 15.0. The Morgan fingerprint density at radius 1 is 0.750 bits per heavy atom. The highest BCUT2D eigenvalue weighted by Crippen LogP contribution is 2.23. The minimum absolute atomic E-state index is 0.821. The summed E-state index contributed by atoms with van der Waals surface area (Å²) in [5.74, 6) is -2.67. The van der Waals surface area contributed by atoms with E-state index in [4.69, 9.17) is 24.5 Å². The van der Waals surface area contributed by atoms with Crippen molar-refractivity contribution < 1.29 is 24.5 Å². The zero-order valence-corrected chi connectivity index (χ0v) is 18.7. The van der Waals surface area contributed by atoms with Crippen LogP contribution >= 0.6 is 0 Å². The molecule has 1 aliphatic heterocycles. The normalized spacial score (nSPS) is 14.0. The predicted molar refractivity (Wildman–Crippen MR) is 126 cm³/mol. The van der Waals surface area contributed by atoms with E-state index in [1.165, 1.54) is 75.7 Å². The molecule has 0 radical (unpaired) electrons. The van der Waals surface area contributed by atoms with E-state index in [2.05, 4.69) is 59.5 Å². The summed E-state index contributed by atoms with van der Waals surface area (Å²) in [6.45, 7) is 4.75. The summed E-state index contributed by atoms with van der Waals surface area (Å²) >= 11 is 0. The third-order valence-electron chi connectivity index (χ3n) is 5.46. The third-order valence-corrected chi connectivity index (χ3v) is 5.46. The topological polar surface area (TPSA) is 87.1 Å². The van der Waals surface area contributed by atoms with Gasteiger partial charge >= 0.3 is 11.9 Å². The van der Waals surface area contributed by atoms with Gasteiger partial charge in [-0.05, 0) is 68.6 Å². The van der Waals surface area contributed by atoms with Gasteiger partial charge in [0.1, 0.15) is 5.75 Å². The van der Waals surface area contributed by atoms with E-state index in [1.54, 1.807) is 0 Å². The quantitative estimate of drug-likeness (QED) is 0.404. The van der Waals surface area contributed by atoms with Crippen LogP contribution in [0.1, 0.15) is 51.4 Å². The zero-order chi connectivity index (χ0) is 23.0. The summed E-state index contributed by atoms with van der Waals surface area (Å²) in [4.78, 5) is 20.9. The number of aliphatic carboxylic acids is 2. The molecule has 6 heteroatoms. The highest BCUT2D eigenvalue weighted by Gasteiger charge is 2.08. The predicted octanol–water partition coefficient (Wildman–Crippen LogP) is 5.32. The fraction of sp³-hybridized carbons (Fsp3) is 0.462. The number of ether oxygens (including phenoxy) is 1. The minimum atomic E-state index is -1.82. The van der Waals surface area contributed by atoms with Crippen molar-refractivity contribution in [3.63, 3.8) is 0 Å². The summed E-state index contributed by atoms with van der Waals surface area (Å²) in [5, 5.41) is 14.8. The van der Waals surface area contributed by atoms with Crippen LogP contribution in [0.3, 0.4) is 0 Å². The molecule has 0 amide bonds. The van der Waals surface area contributed by atoms with Crippen molar-refractivity contribution in [3.8, 4) is 16.9 Å². The maximum atomic E-state index is 9.10. The third kappa shape index (κ3) is 10.4. The number of benzene rings is 2. The Labute approximate surface area is 190 Å². The van der Waals surface area contributed by atoms with E-state index in [1.807, 2.05) is 0 Å². The van der Waals surface area contributed by atoms with Gasteiger partial charge in [0.2, 0.25) is 0 Å². The van der Waals surface area contributed by atoms with Crippen LogP contribution in [0, 0.1) is 0 Å². The first kappa shape index (κ1) is 25.4. The average molecular weight is 442 g/mol. The molecule has 6 nitrogen and oxygen atoms in total. The lowest BCUT2D eigenvalue weighted by molar-refractivity contribution is -0.159. The number of likely N-dealkylation sites (tertiary alicyclic amines) is 1. The standard InChI is InChI=1S/C24H33NO.C2H2O4/c1-2-9-18-25(17-8-1)19-10-3-4-11-20-26-24-16-12-15-23(21-24)22-13-6-5-7-14-22;3-1(4)2(5)6/h5-7,12-16,21H,1-4,8-11,17-20H2;(H,3,4)(H,5,6). The van der Waals surface area contributed by atoms with Gasteiger partial charge < -0.3 is 19.8 Å². The van der Waals surface area contributed by atoms with E-state index < -0.39 is 11.9 Å². The maximum Gasteiger partial charge on any atom is 0.414 e. The summed E-state index contributed by atoms with van der Waals surface area (Å²) in [6, 6.07) is 18.9. The second-order valence-corrected chi connectivity index (χ2v) is 8.02. The molecule has 2 aromatic carbocycles. The highest BCUT2D eigenvalue weighted by atomic mass is 16.5. The van der Waals surface area contributed by atoms with E-state index in [0.29, 0.717) is 0 Å². The average Bonchev–Trinajstić information content (AvgIpc) is 3.08. The van der Waals surface area contributed by atoms with Crippen molar-refractivity contribution in [1.29, 1.82) is 0 Å². The molecule has 1 fully saturated rings. The second-order valence-electron chi connectivity index (χ2n) is 8.02. The number of nitrogens with zero attached hydrogens (tertiary/aromatic N) is 1. The lowest BCUT2D eigenvalue weighted by atomic mass is 10.1. The molecule has 0 aliphatic carbocycles. The van der Waals surface area contributed by atoms with Gasteiger partial charge in [-0.2, -0.15) is 0 Å². The Balaban J connectivity index is 0.000000534. The van der Waals surface area contributed by atoms with Gasteiger partial charge in [0.05, 0.1) is 6.61 Å². The van der Waals surface area contributed by atoms with Crippen molar-refractivity contribution in [2.45, 2.75) is 51.4 Å². The molecule has 0 unspecified atom stereocenters. The summed E-state index contributed by atoms with van der Waals surface area (Å²) in [6.07, 6.45) is 10.7. The first-order chi connectivity index (χ1) is 15.6. The molecular formula is C26H35NO5. The maximum absolute atomic E-state index is 9.10. The van der Waals surface area contributed by atoms with Crippen molar-refractivity contribution in [3.05, 3.63) is 54.6 Å². The van der Waals surface area contributed by atoms with Gasteiger partial charge in [-0.25, -0.2) is 9.59 Å². The minimum Gasteiger partial charge on any atom is -0.494 e. The molecule has 0 aromatic heterocycles. The molecule has 0 spiro atoms. The van der Waals surface area contributed by atoms with Crippen LogP contribution in [0.25, 0.3) is 11.1 Å². The fourth-order valence-corrected chi connectivity index (χ4v) is 3.74. The van der Waals surface area contributed by atoms with Crippen LogP contribution in [0.15, 0.2) is 54.6 Å². The molecule has 2 aromatic rings. The van der Waals surface area contributed by atoms with Crippen LogP contribution in [-0.2, 0) is 9.59 Å². The molecule has 1 saturated heterocycles. The van der Waals surface area contributed by atoms with Crippen LogP contribution in [0.5, 0.6) is 5.75 Å². The number of carboxylic acids is 2. The number of carboxylic acid groups (broad SMARTS) is 2. The van der Waals surface area contributed by atoms with Crippen LogP contribution in [-0.4, -0.2) is 53.3 Å². The van der Waals surface area contributed by atoms with Crippen molar-refractivity contribution in [1.82, 2.24) is 4.90 Å². The first-order valence-electron chi connectivity index (χ1n) is 11.5. The molecule has 0 bridgehead atoms. The van der Waals surface area contributed by atoms with Gasteiger partial charge in [0.25, 0.3) is 0 Å². The van der Waals surface area contributed by atoms with E-state index >= 15 is 0 Å². The Morgan fingerprint density at radius 2 is 1.38 bits per heavy atom. The molecule has 0 saturated carbocycles. The molecule has 0 atom stereocenters. The Morgan fingerprint density at radius 3 is 2.03 bits per heavy atom. The summed E-state index contributed by atoms with van der Waals surface area (Å²) < 4.78 is 5.97. The van der Waals surface area contributed by atoms with Gasteiger partial charge in [-0.1, -0.05) is 68.1 Å². The van der Waals surface area contributed by atoms with Gasteiger partial charge in [0, 0.05) is 0 Å². The van der Waals surface area contributed by atoms with Crippen LogP contribution in [0.4, 0.5) is 0 Å². The van der Waals surface area contributed by atoms with E-state index in [9.17, 15) is 0 Å². The first-order valence-corrected chi connectivity index (χ1v) is 11.5. The van der Waals surface area contributed by atoms with Crippen molar-refractivity contribution in [2.24, 2.45) is 0 Å². The number of carbonyl (C=O) groups is 2. The fourth-order valence-electron chi connectivity index (χ4n) is 3.74. The number of hydrogen-bond acceptors (Lipinski definition) is 4. The van der Waals surface area contributed by atoms with Crippen LogP contribution < -0.4 is 4.74 Å². The SMILES string of the molecule is O=C(O)C(=O)O.c1ccc(-c2cccc(OCCCCCCN3CCCCCC3)c2)cc1. The van der Waals surface area contributed by atoms with Gasteiger partial charge in [0.15, 0.2) is 0 Å². The Kier molecular flexibility index (Phi) is 11.9. The van der Waals surface area contributed by atoms with Crippen molar-refractivity contribution in [2.75, 3.05) is 26.2 Å². The molecule has 32 heavy (non-hydrogen) atoms. The number of hydrogen-bond donors (Lipinski definition) is 2. The van der Waals surface area contributed by atoms with Crippen LogP contribution in [0.2, 0.25) is 0 Å². The molecule has 2 N–H and O–H groups in total. The molecule has 1 heterocycles. The number of unbranched alkanes of at least 4 members (excludes halogenated alkanes) is 3. The summed E-state index contributed by atoms with van der Waals surface area (Å²) in [5.41, 5.74) is 2.46. The molecule has 1 aliphatic rings. The van der Waals surface area contributed by atoms with Gasteiger partial charge in [-0.15, -0.1) is 0 Å². The Hall–Kier alpha value is -2.86. The Bertz CT molecular complexity index is 789.